The van der Waals surface area contributed by atoms with Gasteiger partial charge in [0.2, 0.25) is 10.0 Å². The first-order chi connectivity index (χ1) is 5.88. The maximum atomic E-state index is 10.8. The third-order valence-corrected chi connectivity index (χ3v) is 3.04. The highest BCUT2D eigenvalue weighted by Gasteiger charge is 2.03. The zero-order valence-corrected chi connectivity index (χ0v) is 9.87. The van der Waals surface area contributed by atoms with Crippen molar-refractivity contribution in [3.05, 3.63) is 27.7 Å². The van der Waals surface area contributed by atoms with Crippen molar-refractivity contribution in [2.45, 2.75) is 0 Å². The molecule has 0 aliphatic rings. The van der Waals surface area contributed by atoms with Crippen LogP contribution in [-0.2, 0) is 10.0 Å². The minimum absolute atomic E-state index is 0.485. The largest absolute Gasteiger partial charge is 0.284 e. The van der Waals surface area contributed by atoms with Crippen LogP contribution in [0.25, 0.3) is 0 Å². The average molecular weight is 285 g/mol. The molecule has 13 heavy (non-hydrogen) atoms. The highest BCUT2D eigenvalue weighted by molar-refractivity contribution is 9.10. The van der Waals surface area contributed by atoms with Gasteiger partial charge in [0.1, 0.15) is 0 Å². The molecule has 0 saturated carbocycles. The molecule has 0 unspecified atom stereocenters. The van der Waals surface area contributed by atoms with Crippen LogP contribution in [0, 0.1) is 0 Å². The van der Waals surface area contributed by atoms with Crippen LogP contribution in [0.3, 0.4) is 0 Å². The molecular weight excluding hydrogens is 278 g/mol. The van der Waals surface area contributed by atoms with E-state index in [2.05, 4.69) is 20.7 Å². The summed E-state index contributed by atoms with van der Waals surface area (Å²) in [7, 11) is -3.22. The monoisotopic (exact) mass is 283 g/mol. The highest BCUT2D eigenvalue weighted by Crippen LogP contribution is 2.25. The Hall–Kier alpha value is -0.260. The normalized spacial score (nSPS) is 11.3. The summed E-state index contributed by atoms with van der Waals surface area (Å²) < 4.78 is 24.7. The second-order valence-corrected chi connectivity index (χ2v) is 5.51. The molecule has 1 N–H and O–H groups in total. The molecule has 0 aromatic heterocycles. The Balaban J connectivity index is 2.99. The summed E-state index contributed by atoms with van der Waals surface area (Å²) in [6.07, 6.45) is 1.09. The zero-order valence-electron chi connectivity index (χ0n) is 6.71. The van der Waals surface area contributed by atoms with E-state index in [0.717, 1.165) is 6.26 Å². The summed E-state index contributed by atoms with van der Waals surface area (Å²) in [4.78, 5) is 0. The molecule has 3 nitrogen and oxygen atoms in total. The molecule has 1 rings (SSSR count). The molecule has 72 valence electrons. The Kier molecular flexibility index (Phi) is 3.21. The fraction of sp³-hybridized carbons (Fsp3) is 0.143. The third-order valence-electron chi connectivity index (χ3n) is 1.22. The van der Waals surface area contributed by atoms with Crippen molar-refractivity contribution in [1.29, 1.82) is 0 Å². The van der Waals surface area contributed by atoms with Gasteiger partial charge < -0.3 is 0 Å². The van der Waals surface area contributed by atoms with Crippen LogP contribution in [0.5, 0.6) is 0 Å². The van der Waals surface area contributed by atoms with Crippen LogP contribution >= 0.6 is 27.5 Å². The summed E-state index contributed by atoms with van der Waals surface area (Å²) in [5.41, 5.74) is 0.485. The zero-order chi connectivity index (χ0) is 10.1. The Labute approximate surface area is 90.3 Å². The van der Waals surface area contributed by atoms with Crippen molar-refractivity contribution in [2.75, 3.05) is 11.0 Å². The number of anilines is 1. The first-order valence-electron chi connectivity index (χ1n) is 3.31. The predicted octanol–water partition coefficient (Wildman–Crippen LogP) is 2.47. The van der Waals surface area contributed by atoms with E-state index in [9.17, 15) is 8.42 Å². The van der Waals surface area contributed by atoms with Crippen molar-refractivity contribution in [3.8, 4) is 0 Å². The van der Waals surface area contributed by atoms with E-state index in [0.29, 0.717) is 15.2 Å². The van der Waals surface area contributed by atoms with Crippen molar-refractivity contribution in [3.63, 3.8) is 0 Å². The molecule has 0 amide bonds. The van der Waals surface area contributed by atoms with Gasteiger partial charge in [0, 0.05) is 10.2 Å². The van der Waals surface area contributed by atoms with E-state index in [1.807, 2.05) is 0 Å². The summed E-state index contributed by atoms with van der Waals surface area (Å²) in [6.45, 7) is 0. The number of halogens is 2. The highest BCUT2D eigenvalue weighted by atomic mass is 79.9. The van der Waals surface area contributed by atoms with Crippen LogP contribution < -0.4 is 4.72 Å². The number of sulfonamides is 1. The summed E-state index contributed by atoms with van der Waals surface area (Å²) in [6, 6.07) is 4.80. The lowest BCUT2D eigenvalue weighted by Crippen LogP contribution is -2.09. The van der Waals surface area contributed by atoms with E-state index < -0.39 is 10.0 Å². The molecular formula is C7H7BrClNO2S. The SMILES string of the molecule is CS(=O)(=O)Nc1ccc(Cl)c(Br)c1. The number of rotatable bonds is 2. The van der Waals surface area contributed by atoms with E-state index in [4.69, 9.17) is 11.6 Å². The van der Waals surface area contributed by atoms with Crippen molar-refractivity contribution in [2.24, 2.45) is 0 Å². The van der Waals surface area contributed by atoms with E-state index >= 15 is 0 Å². The lowest BCUT2D eigenvalue weighted by molar-refractivity contribution is 0.607. The second kappa shape index (κ2) is 3.86. The number of benzene rings is 1. The Morgan fingerprint density at radius 2 is 2.08 bits per heavy atom. The molecule has 0 spiro atoms. The van der Waals surface area contributed by atoms with E-state index in [1.165, 1.54) is 0 Å². The first kappa shape index (κ1) is 10.8. The van der Waals surface area contributed by atoms with Gasteiger partial charge in [-0.3, -0.25) is 4.72 Å². The fourth-order valence-corrected chi connectivity index (χ4v) is 1.83. The molecule has 0 aliphatic carbocycles. The van der Waals surface area contributed by atoms with Crippen molar-refractivity contribution in [1.82, 2.24) is 0 Å². The maximum absolute atomic E-state index is 10.8. The lowest BCUT2D eigenvalue weighted by Gasteiger charge is -2.04. The Bertz CT molecular complexity index is 419. The quantitative estimate of drug-likeness (QED) is 0.907. The van der Waals surface area contributed by atoms with Crippen LogP contribution in [-0.4, -0.2) is 14.7 Å². The molecule has 0 bridgehead atoms. The van der Waals surface area contributed by atoms with Gasteiger partial charge in [0.15, 0.2) is 0 Å². The van der Waals surface area contributed by atoms with Gasteiger partial charge in [-0.15, -0.1) is 0 Å². The molecule has 6 heteroatoms. The number of nitrogens with one attached hydrogen (secondary N) is 1. The van der Waals surface area contributed by atoms with Gasteiger partial charge in [0.05, 0.1) is 11.3 Å². The van der Waals surface area contributed by atoms with E-state index in [1.54, 1.807) is 18.2 Å². The third kappa shape index (κ3) is 3.54. The van der Waals surface area contributed by atoms with Gasteiger partial charge in [-0.2, -0.15) is 0 Å². The summed E-state index contributed by atoms with van der Waals surface area (Å²) in [5, 5.41) is 0.541. The second-order valence-electron chi connectivity index (χ2n) is 2.50. The number of hydrogen-bond acceptors (Lipinski definition) is 2. The molecule has 1 aromatic rings. The molecule has 0 radical (unpaired) electrons. The molecule has 0 aliphatic heterocycles. The molecule has 0 heterocycles. The lowest BCUT2D eigenvalue weighted by atomic mass is 10.3. The molecule has 0 atom stereocenters. The minimum Gasteiger partial charge on any atom is -0.284 e. The van der Waals surface area contributed by atoms with Crippen LogP contribution in [0.15, 0.2) is 22.7 Å². The Morgan fingerprint density at radius 1 is 1.46 bits per heavy atom. The smallest absolute Gasteiger partial charge is 0.229 e. The number of hydrogen-bond donors (Lipinski definition) is 1. The van der Waals surface area contributed by atoms with Gasteiger partial charge in [-0.1, -0.05) is 11.6 Å². The maximum Gasteiger partial charge on any atom is 0.229 e. The standard InChI is InChI=1S/C7H7BrClNO2S/c1-13(11,12)10-5-2-3-7(9)6(8)4-5/h2-4,10H,1H3. The Morgan fingerprint density at radius 3 is 2.54 bits per heavy atom. The van der Waals surface area contributed by atoms with Crippen molar-refractivity contribution >= 4 is 43.2 Å². The van der Waals surface area contributed by atoms with Crippen LogP contribution in [0.1, 0.15) is 0 Å². The van der Waals surface area contributed by atoms with Gasteiger partial charge in [-0.25, -0.2) is 8.42 Å². The summed E-state index contributed by atoms with van der Waals surface area (Å²) in [5.74, 6) is 0. The first-order valence-corrected chi connectivity index (χ1v) is 6.37. The topological polar surface area (TPSA) is 46.2 Å². The van der Waals surface area contributed by atoms with Crippen molar-refractivity contribution < 1.29 is 8.42 Å². The van der Waals surface area contributed by atoms with E-state index in [-0.39, 0.29) is 0 Å². The van der Waals surface area contributed by atoms with Crippen LogP contribution in [0.4, 0.5) is 5.69 Å². The molecule has 0 fully saturated rings. The van der Waals surface area contributed by atoms with Gasteiger partial charge in [0.25, 0.3) is 0 Å². The van der Waals surface area contributed by atoms with Gasteiger partial charge in [-0.05, 0) is 34.1 Å². The van der Waals surface area contributed by atoms with Gasteiger partial charge >= 0.3 is 0 Å². The average Bonchev–Trinajstić information content (AvgIpc) is 1.94. The molecule has 0 saturated heterocycles. The fourth-order valence-electron chi connectivity index (χ4n) is 0.774. The predicted molar refractivity (Wildman–Crippen MR) is 57.6 cm³/mol. The molecule has 1 aromatic carbocycles. The minimum atomic E-state index is -3.22. The van der Waals surface area contributed by atoms with Crippen LogP contribution in [0.2, 0.25) is 5.02 Å². The summed E-state index contributed by atoms with van der Waals surface area (Å²) >= 11 is 8.91.